The minimum Gasteiger partial charge on any atom is -0.323 e. The van der Waals surface area contributed by atoms with E-state index in [4.69, 9.17) is 0 Å². The minimum atomic E-state index is -0.980. The number of Topliss-reactive ketones (excluding diaryl/α,β-unsaturated/α-hetero) is 1. The molecule has 0 spiro atoms. The Morgan fingerprint density at radius 1 is 1.12 bits per heavy atom. The number of amides is 1. The van der Waals surface area contributed by atoms with E-state index in [1.54, 1.807) is 24.3 Å². The highest BCUT2D eigenvalue weighted by Gasteiger charge is 2.28. The van der Waals surface area contributed by atoms with E-state index < -0.39 is 2.14 Å². The van der Waals surface area contributed by atoms with Crippen LogP contribution in [-0.2, 0) is 4.79 Å². The molecule has 0 bridgehead atoms. The molecule has 1 N–H and O–H groups in total. The summed E-state index contributed by atoms with van der Waals surface area (Å²) in [7, 11) is 0. The van der Waals surface area contributed by atoms with Crippen LogP contribution < -0.4 is 5.32 Å². The quantitative estimate of drug-likeness (QED) is 0.594. The highest BCUT2D eigenvalue weighted by Crippen LogP contribution is 2.34. The Hall–Kier alpha value is -0.200. The van der Waals surface area contributed by atoms with Gasteiger partial charge in [0.25, 0.3) is 5.91 Å². The number of rotatable bonds is 2. The van der Waals surface area contributed by atoms with Crippen LogP contribution in [0.4, 0.5) is 5.69 Å². The molecule has 0 atom stereocenters. The molecular weight excluding hydrogens is 406 g/mol. The molecular formula is C10H8Br3NO2. The first-order valence-corrected chi connectivity index (χ1v) is 6.68. The van der Waals surface area contributed by atoms with E-state index in [1.165, 1.54) is 6.92 Å². The number of hydrogen-bond acceptors (Lipinski definition) is 2. The van der Waals surface area contributed by atoms with Gasteiger partial charge >= 0.3 is 0 Å². The van der Waals surface area contributed by atoms with Gasteiger partial charge in [-0.2, -0.15) is 0 Å². The second-order valence-electron chi connectivity index (χ2n) is 3.09. The summed E-state index contributed by atoms with van der Waals surface area (Å²) >= 11 is 9.32. The zero-order valence-electron chi connectivity index (χ0n) is 8.26. The van der Waals surface area contributed by atoms with Crippen molar-refractivity contribution in [2.75, 3.05) is 5.32 Å². The molecule has 0 aliphatic rings. The van der Waals surface area contributed by atoms with Crippen LogP contribution in [0, 0.1) is 0 Å². The van der Waals surface area contributed by atoms with E-state index in [-0.39, 0.29) is 11.7 Å². The second-order valence-corrected chi connectivity index (χ2v) is 9.85. The second kappa shape index (κ2) is 5.42. The molecule has 1 aromatic carbocycles. The van der Waals surface area contributed by atoms with Crippen molar-refractivity contribution in [3.05, 3.63) is 29.8 Å². The van der Waals surface area contributed by atoms with Gasteiger partial charge in [0.05, 0.1) is 0 Å². The molecule has 3 nitrogen and oxygen atoms in total. The Morgan fingerprint density at radius 3 is 2.00 bits per heavy atom. The van der Waals surface area contributed by atoms with Gasteiger partial charge in [-0.05, 0) is 79.0 Å². The minimum absolute atomic E-state index is 0.00584. The standard InChI is InChI=1S/C10H8Br3NO2/c1-6(15)7-2-4-8(5-3-7)14-9(16)10(11,12)13/h2-5H,1H3,(H,14,16). The van der Waals surface area contributed by atoms with Crippen molar-refractivity contribution >= 4 is 65.2 Å². The van der Waals surface area contributed by atoms with Gasteiger partial charge < -0.3 is 5.32 Å². The van der Waals surface area contributed by atoms with Crippen LogP contribution in [0.5, 0.6) is 0 Å². The predicted octanol–water partition coefficient (Wildman–Crippen LogP) is 3.67. The summed E-state index contributed by atoms with van der Waals surface area (Å²) < 4.78 is -0.980. The summed E-state index contributed by atoms with van der Waals surface area (Å²) in [5.74, 6) is -0.295. The zero-order valence-corrected chi connectivity index (χ0v) is 13.0. The van der Waals surface area contributed by atoms with Crippen molar-refractivity contribution in [3.8, 4) is 0 Å². The smallest absolute Gasteiger partial charge is 0.263 e. The average molecular weight is 414 g/mol. The molecule has 0 saturated heterocycles. The molecule has 0 saturated carbocycles. The summed E-state index contributed by atoms with van der Waals surface area (Å²) in [6.45, 7) is 1.49. The van der Waals surface area contributed by atoms with Crippen molar-refractivity contribution in [2.24, 2.45) is 0 Å². The number of halogens is 3. The fraction of sp³-hybridized carbons (Fsp3) is 0.200. The van der Waals surface area contributed by atoms with E-state index in [2.05, 4.69) is 53.1 Å². The number of carbonyl (C=O) groups excluding carboxylic acids is 2. The number of nitrogens with one attached hydrogen (secondary N) is 1. The SMILES string of the molecule is CC(=O)c1ccc(NC(=O)C(Br)(Br)Br)cc1. The Labute approximate surface area is 118 Å². The molecule has 0 aliphatic heterocycles. The Balaban J connectivity index is 2.77. The summed E-state index contributed by atoms with van der Waals surface area (Å²) in [6.07, 6.45) is 0. The molecule has 6 heteroatoms. The zero-order chi connectivity index (χ0) is 12.3. The predicted molar refractivity (Wildman–Crippen MR) is 74.6 cm³/mol. The lowest BCUT2D eigenvalue weighted by Crippen LogP contribution is -2.25. The van der Waals surface area contributed by atoms with E-state index in [9.17, 15) is 9.59 Å². The molecule has 0 aromatic heterocycles. The van der Waals surface area contributed by atoms with E-state index >= 15 is 0 Å². The fourth-order valence-electron chi connectivity index (χ4n) is 0.990. The van der Waals surface area contributed by atoms with Gasteiger partial charge in [-0.1, -0.05) is 0 Å². The van der Waals surface area contributed by atoms with Crippen molar-refractivity contribution in [3.63, 3.8) is 0 Å². The van der Waals surface area contributed by atoms with Crippen molar-refractivity contribution in [2.45, 2.75) is 9.07 Å². The maximum Gasteiger partial charge on any atom is 0.263 e. The first-order chi connectivity index (χ1) is 7.30. The highest BCUT2D eigenvalue weighted by atomic mass is 80.0. The fourth-order valence-corrected chi connectivity index (χ4v) is 1.29. The van der Waals surface area contributed by atoms with Crippen LogP contribution in [-0.4, -0.2) is 13.8 Å². The number of anilines is 1. The van der Waals surface area contributed by atoms with Crippen LogP contribution >= 0.6 is 47.8 Å². The van der Waals surface area contributed by atoms with Crippen LogP contribution in [0.2, 0.25) is 0 Å². The largest absolute Gasteiger partial charge is 0.323 e. The van der Waals surface area contributed by atoms with Gasteiger partial charge in [-0.3, -0.25) is 9.59 Å². The third kappa shape index (κ3) is 3.99. The van der Waals surface area contributed by atoms with Crippen LogP contribution in [0.25, 0.3) is 0 Å². The molecule has 0 heterocycles. The van der Waals surface area contributed by atoms with Gasteiger partial charge in [0, 0.05) is 11.3 Å². The lowest BCUT2D eigenvalue weighted by atomic mass is 10.1. The van der Waals surface area contributed by atoms with Gasteiger partial charge in [0.15, 0.2) is 5.78 Å². The Morgan fingerprint density at radius 2 is 1.62 bits per heavy atom. The molecule has 0 aliphatic carbocycles. The van der Waals surface area contributed by atoms with Crippen LogP contribution in [0.15, 0.2) is 24.3 Å². The monoisotopic (exact) mass is 411 g/mol. The van der Waals surface area contributed by atoms with E-state index in [0.717, 1.165) is 0 Å². The number of benzene rings is 1. The molecule has 0 radical (unpaired) electrons. The van der Waals surface area contributed by atoms with Gasteiger partial charge in [0.1, 0.15) is 0 Å². The number of alkyl halides is 3. The van der Waals surface area contributed by atoms with Gasteiger partial charge in [0.2, 0.25) is 2.14 Å². The summed E-state index contributed by atoms with van der Waals surface area (Å²) in [5, 5.41) is 2.66. The van der Waals surface area contributed by atoms with Gasteiger partial charge in [-0.25, -0.2) is 0 Å². The lowest BCUT2D eigenvalue weighted by Gasteiger charge is -2.12. The Kier molecular flexibility index (Phi) is 4.70. The molecule has 16 heavy (non-hydrogen) atoms. The summed E-state index contributed by atoms with van der Waals surface area (Å²) in [4.78, 5) is 22.6. The molecule has 0 fully saturated rings. The molecule has 1 rings (SSSR count). The molecule has 1 amide bonds. The first-order valence-electron chi connectivity index (χ1n) is 4.30. The first kappa shape index (κ1) is 13.9. The number of hydrogen-bond donors (Lipinski definition) is 1. The average Bonchev–Trinajstić information content (AvgIpc) is 2.17. The van der Waals surface area contributed by atoms with Crippen molar-refractivity contribution in [1.29, 1.82) is 0 Å². The summed E-state index contributed by atoms with van der Waals surface area (Å²) in [6, 6.07) is 6.67. The topological polar surface area (TPSA) is 46.2 Å². The van der Waals surface area contributed by atoms with Crippen LogP contribution in [0.1, 0.15) is 17.3 Å². The van der Waals surface area contributed by atoms with Crippen LogP contribution in [0.3, 0.4) is 0 Å². The third-order valence-corrected chi connectivity index (χ3v) is 2.89. The number of carbonyl (C=O) groups is 2. The molecule has 0 unspecified atom stereocenters. The van der Waals surface area contributed by atoms with Crippen molar-refractivity contribution in [1.82, 2.24) is 0 Å². The summed E-state index contributed by atoms with van der Waals surface area (Å²) in [5.41, 5.74) is 1.23. The maximum atomic E-state index is 11.5. The normalized spacial score (nSPS) is 11.0. The van der Waals surface area contributed by atoms with E-state index in [0.29, 0.717) is 11.3 Å². The van der Waals surface area contributed by atoms with Crippen molar-refractivity contribution < 1.29 is 9.59 Å². The van der Waals surface area contributed by atoms with E-state index in [1.807, 2.05) is 0 Å². The highest BCUT2D eigenvalue weighted by molar-refractivity contribution is 9.40. The maximum absolute atomic E-state index is 11.5. The molecule has 86 valence electrons. The number of ketones is 1. The Bertz CT molecular complexity index is 409. The molecule has 1 aromatic rings. The third-order valence-electron chi connectivity index (χ3n) is 1.81. The van der Waals surface area contributed by atoms with Gasteiger partial charge in [-0.15, -0.1) is 0 Å². The lowest BCUT2D eigenvalue weighted by molar-refractivity contribution is -0.114.